The Kier molecular flexibility index (Phi) is 4.98. The van der Waals surface area contributed by atoms with Gasteiger partial charge in [0.25, 0.3) is 0 Å². The third-order valence-electron chi connectivity index (χ3n) is 4.98. The van der Waals surface area contributed by atoms with Crippen molar-refractivity contribution in [3.8, 4) is 0 Å². The molecule has 1 aliphatic carbocycles. The van der Waals surface area contributed by atoms with Crippen LogP contribution in [0.5, 0.6) is 0 Å². The molecule has 22 heavy (non-hydrogen) atoms. The Morgan fingerprint density at radius 1 is 1.27 bits per heavy atom. The first-order valence-electron chi connectivity index (χ1n) is 8.65. The molecule has 1 atom stereocenters. The fraction of sp³-hybridized carbons (Fsp3) is 0.611. The van der Waals surface area contributed by atoms with Crippen molar-refractivity contribution in [1.82, 2.24) is 4.90 Å². The van der Waals surface area contributed by atoms with Gasteiger partial charge in [-0.1, -0.05) is 12.5 Å². The number of nitrogens with one attached hydrogen (secondary N) is 1. The average Bonchev–Trinajstić information content (AvgIpc) is 2.97. The lowest BCUT2D eigenvalue weighted by Crippen LogP contribution is -2.39. The van der Waals surface area contributed by atoms with Gasteiger partial charge < -0.3 is 11.1 Å². The molecule has 1 aliphatic heterocycles. The molecule has 1 fully saturated rings. The monoisotopic (exact) mass is 300 g/mol. The molecule has 4 heteroatoms. The summed E-state index contributed by atoms with van der Waals surface area (Å²) in [6.45, 7) is 5.30. The highest BCUT2D eigenvalue weighted by Crippen LogP contribution is 2.24. The number of hydrogen-bond acceptors (Lipinski definition) is 2. The zero-order valence-corrected chi connectivity index (χ0v) is 13.6. The molecule has 0 saturated carbocycles. The SMILES string of the molecule is CC1CCCCN1CCN=C(N)Nc1ccc2c(c1)CCC2. The van der Waals surface area contributed by atoms with E-state index in [-0.39, 0.29) is 0 Å². The zero-order chi connectivity index (χ0) is 15.4. The van der Waals surface area contributed by atoms with Gasteiger partial charge >= 0.3 is 0 Å². The standard InChI is InChI=1S/C18H28N4/c1-14-5-2-3-11-22(14)12-10-20-18(19)21-17-9-8-15-6-4-7-16(15)13-17/h8-9,13-14H,2-7,10-12H2,1H3,(H3,19,20,21). The number of nitrogens with zero attached hydrogens (tertiary/aromatic N) is 2. The minimum atomic E-state index is 0.530. The summed E-state index contributed by atoms with van der Waals surface area (Å²) in [6.07, 6.45) is 7.67. The van der Waals surface area contributed by atoms with E-state index in [0.29, 0.717) is 12.0 Å². The van der Waals surface area contributed by atoms with Crippen LogP contribution < -0.4 is 11.1 Å². The van der Waals surface area contributed by atoms with Crippen molar-refractivity contribution in [3.63, 3.8) is 0 Å². The maximum atomic E-state index is 6.02. The van der Waals surface area contributed by atoms with Crippen LogP contribution in [0, 0.1) is 0 Å². The van der Waals surface area contributed by atoms with Crippen LogP contribution >= 0.6 is 0 Å². The van der Waals surface area contributed by atoms with E-state index in [1.54, 1.807) is 0 Å². The number of aliphatic imine (C=N–C) groups is 1. The van der Waals surface area contributed by atoms with Gasteiger partial charge in [-0.2, -0.15) is 0 Å². The highest BCUT2D eigenvalue weighted by molar-refractivity contribution is 5.92. The van der Waals surface area contributed by atoms with E-state index < -0.39 is 0 Å². The number of nitrogens with two attached hydrogens (primary N) is 1. The van der Waals surface area contributed by atoms with Gasteiger partial charge in [-0.25, -0.2) is 0 Å². The molecule has 0 aromatic heterocycles. The van der Waals surface area contributed by atoms with Gasteiger partial charge in [0.05, 0.1) is 6.54 Å². The molecular formula is C18H28N4. The lowest BCUT2D eigenvalue weighted by Gasteiger charge is -2.32. The summed E-state index contributed by atoms with van der Waals surface area (Å²) in [6, 6.07) is 7.24. The van der Waals surface area contributed by atoms with Crippen LogP contribution in [0.15, 0.2) is 23.2 Å². The van der Waals surface area contributed by atoms with Crippen molar-refractivity contribution in [2.75, 3.05) is 25.0 Å². The maximum Gasteiger partial charge on any atom is 0.193 e. The number of guanidine groups is 1. The van der Waals surface area contributed by atoms with E-state index in [1.165, 1.54) is 56.2 Å². The molecule has 0 spiro atoms. The molecule has 120 valence electrons. The Labute approximate surface area is 133 Å². The molecule has 0 bridgehead atoms. The van der Waals surface area contributed by atoms with Gasteiger partial charge in [-0.05, 0) is 68.8 Å². The molecule has 1 unspecified atom stereocenters. The number of aryl methyl sites for hydroxylation is 2. The summed E-state index contributed by atoms with van der Waals surface area (Å²) in [7, 11) is 0. The summed E-state index contributed by atoms with van der Waals surface area (Å²) in [5, 5.41) is 3.23. The van der Waals surface area contributed by atoms with E-state index in [0.717, 1.165) is 18.8 Å². The van der Waals surface area contributed by atoms with Crippen LogP contribution in [0.3, 0.4) is 0 Å². The van der Waals surface area contributed by atoms with Crippen LogP contribution in [0.4, 0.5) is 5.69 Å². The van der Waals surface area contributed by atoms with E-state index in [1.807, 2.05) is 0 Å². The van der Waals surface area contributed by atoms with Gasteiger partial charge in [0, 0.05) is 18.3 Å². The highest BCUT2D eigenvalue weighted by Gasteiger charge is 2.17. The molecule has 0 radical (unpaired) electrons. The molecule has 3 N–H and O–H groups in total. The fourth-order valence-electron chi connectivity index (χ4n) is 3.63. The van der Waals surface area contributed by atoms with Crippen LogP contribution in [-0.4, -0.2) is 36.5 Å². The second kappa shape index (κ2) is 7.14. The van der Waals surface area contributed by atoms with Gasteiger partial charge in [0.1, 0.15) is 0 Å². The van der Waals surface area contributed by atoms with Gasteiger partial charge in [-0.15, -0.1) is 0 Å². The fourth-order valence-corrected chi connectivity index (χ4v) is 3.63. The minimum Gasteiger partial charge on any atom is -0.370 e. The quantitative estimate of drug-likeness (QED) is 0.664. The van der Waals surface area contributed by atoms with Crippen molar-refractivity contribution in [2.45, 2.75) is 51.5 Å². The molecule has 1 heterocycles. The average molecular weight is 300 g/mol. The first-order valence-corrected chi connectivity index (χ1v) is 8.65. The summed E-state index contributed by atoms with van der Waals surface area (Å²) in [5.41, 5.74) is 10.0. The van der Waals surface area contributed by atoms with Gasteiger partial charge in [0.15, 0.2) is 5.96 Å². The first-order chi connectivity index (χ1) is 10.7. The topological polar surface area (TPSA) is 53.6 Å². The Balaban J connectivity index is 1.49. The second-order valence-electron chi connectivity index (χ2n) is 6.61. The van der Waals surface area contributed by atoms with E-state index in [9.17, 15) is 0 Å². The lowest BCUT2D eigenvalue weighted by atomic mass is 10.0. The minimum absolute atomic E-state index is 0.530. The van der Waals surface area contributed by atoms with E-state index >= 15 is 0 Å². The zero-order valence-electron chi connectivity index (χ0n) is 13.6. The predicted molar refractivity (Wildman–Crippen MR) is 93.5 cm³/mol. The van der Waals surface area contributed by atoms with Crippen LogP contribution in [-0.2, 0) is 12.8 Å². The van der Waals surface area contributed by atoms with Crippen molar-refractivity contribution in [1.29, 1.82) is 0 Å². The van der Waals surface area contributed by atoms with Crippen molar-refractivity contribution in [3.05, 3.63) is 29.3 Å². The predicted octanol–water partition coefficient (Wildman–Crippen LogP) is 2.78. The Morgan fingerprint density at radius 2 is 2.14 bits per heavy atom. The number of piperidine rings is 1. The highest BCUT2D eigenvalue weighted by atomic mass is 15.2. The first kappa shape index (κ1) is 15.3. The number of likely N-dealkylation sites (tertiary alicyclic amines) is 1. The summed E-state index contributed by atoms with van der Waals surface area (Å²) >= 11 is 0. The number of rotatable bonds is 4. The lowest BCUT2D eigenvalue weighted by molar-refractivity contribution is 0.166. The molecular weight excluding hydrogens is 272 g/mol. The van der Waals surface area contributed by atoms with Gasteiger partial charge in [-0.3, -0.25) is 9.89 Å². The molecule has 2 aliphatic rings. The molecule has 1 aromatic rings. The number of benzene rings is 1. The molecule has 1 aromatic carbocycles. The van der Waals surface area contributed by atoms with Crippen LogP contribution in [0.25, 0.3) is 0 Å². The molecule has 0 amide bonds. The van der Waals surface area contributed by atoms with Crippen LogP contribution in [0.1, 0.15) is 43.7 Å². The van der Waals surface area contributed by atoms with Crippen molar-refractivity contribution in [2.24, 2.45) is 10.7 Å². The van der Waals surface area contributed by atoms with E-state index in [2.05, 4.69) is 40.3 Å². The Bertz CT molecular complexity index is 538. The number of hydrogen-bond donors (Lipinski definition) is 2. The largest absolute Gasteiger partial charge is 0.370 e. The summed E-state index contributed by atoms with van der Waals surface area (Å²) in [5.74, 6) is 0.530. The Hall–Kier alpha value is -1.55. The molecule has 1 saturated heterocycles. The number of anilines is 1. The Morgan fingerprint density at radius 3 is 3.00 bits per heavy atom. The third-order valence-corrected chi connectivity index (χ3v) is 4.98. The smallest absolute Gasteiger partial charge is 0.193 e. The summed E-state index contributed by atoms with van der Waals surface area (Å²) in [4.78, 5) is 7.01. The normalized spacial score (nSPS) is 22.6. The second-order valence-corrected chi connectivity index (χ2v) is 6.61. The molecule has 3 rings (SSSR count). The van der Waals surface area contributed by atoms with Crippen molar-refractivity contribution >= 4 is 11.6 Å². The number of fused-ring (bicyclic) bond motifs is 1. The van der Waals surface area contributed by atoms with Gasteiger partial charge in [0.2, 0.25) is 0 Å². The van der Waals surface area contributed by atoms with Crippen molar-refractivity contribution < 1.29 is 0 Å². The van der Waals surface area contributed by atoms with Crippen LogP contribution in [0.2, 0.25) is 0 Å². The third kappa shape index (κ3) is 3.80. The molecule has 4 nitrogen and oxygen atoms in total. The maximum absolute atomic E-state index is 6.02. The summed E-state index contributed by atoms with van der Waals surface area (Å²) < 4.78 is 0. The van der Waals surface area contributed by atoms with E-state index in [4.69, 9.17) is 5.73 Å².